The molecule has 3 N–H and O–H groups in total. The van der Waals surface area contributed by atoms with Gasteiger partial charge < -0.3 is 11.1 Å². The number of nitrogen functional groups attached to an aromatic ring is 1. The third-order valence-electron chi connectivity index (χ3n) is 5.67. The van der Waals surface area contributed by atoms with Crippen LogP contribution in [0.3, 0.4) is 0 Å². The van der Waals surface area contributed by atoms with Gasteiger partial charge in [0.1, 0.15) is 0 Å². The molecule has 30 heavy (non-hydrogen) atoms. The van der Waals surface area contributed by atoms with Gasteiger partial charge in [-0.2, -0.15) is 0 Å². The number of rotatable bonds is 5. The highest BCUT2D eigenvalue weighted by Gasteiger charge is 2.32. The van der Waals surface area contributed by atoms with Crippen molar-refractivity contribution in [3.63, 3.8) is 0 Å². The molecule has 4 aromatic carbocycles. The summed E-state index contributed by atoms with van der Waals surface area (Å²) in [5.74, 6) is -0.447. The number of nitrogens with zero attached hydrogens (tertiary/aromatic N) is 1. The van der Waals surface area contributed by atoms with Crippen LogP contribution in [0.4, 0.5) is 11.4 Å². The number of carbonyl (C=O) groups excluding carboxylic acids is 2. The normalized spacial score (nSPS) is 13.3. The van der Waals surface area contributed by atoms with E-state index in [-0.39, 0.29) is 11.8 Å². The molecule has 4 aromatic rings. The molecule has 0 aliphatic carbocycles. The van der Waals surface area contributed by atoms with Crippen molar-refractivity contribution in [3.8, 4) is 0 Å². The quantitative estimate of drug-likeness (QED) is 0.292. The number of nitrogens with one attached hydrogen (secondary N) is 1. The van der Waals surface area contributed by atoms with Crippen molar-refractivity contribution in [2.24, 2.45) is 0 Å². The van der Waals surface area contributed by atoms with Crippen LogP contribution in [0.15, 0.2) is 72.8 Å². The van der Waals surface area contributed by atoms with E-state index >= 15 is 0 Å². The Morgan fingerprint density at radius 2 is 1.30 bits per heavy atom. The molecule has 1 heterocycles. The lowest BCUT2D eigenvalue weighted by molar-refractivity contribution is 0.0610. The first-order valence-corrected chi connectivity index (χ1v) is 10.0. The first-order valence-electron chi connectivity index (χ1n) is 10.0. The van der Waals surface area contributed by atoms with Crippen LogP contribution in [-0.4, -0.2) is 29.8 Å². The van der Waals surface area contributed by atoms with Gasteiger partial charge in [-0.1, -0.05) is 48.5 Å². The van der Waals surface area contributed by atoms with Crippen molar-refractivity contribution >= 4 is 44.7 Å². The van der Waals surface area contributed by atoms with Gasteiger partial charge in [0, 0.05) is 46.4 Å². The Bertz CT molecular complexity index is 1260. The molecule has 0 spiro atoms. The summed E-state index contributed by atoms with van der Waals surface area (Å²) in [7, 11) is 0. The van der Waals surface area contributed by atoms with Crippen molar-refractivity contribution < 1.29 is 9.59 Å². The molecular formula is C25H21N3O2. The van der Waals surface area contributed by atoms with Crippen molar-refractivity contribution in [1.82, 2.24) is 4.90 Å². The molecular weight excluding hydrogens is 374 g/mol. The summed E-state index contributed by atoms with van der Waals surface area (Å²) in [6.07, 6.45) is 0.638. The van der Waals surface area contributed by atoms with Gasteiger partial charge in [0.05, 0.1) is 0 Å². The third-order valence-corrected chi connectivity index (χ3v) is 5.67. The Morgan fingerprint density at radius 1 is 0.733 bits per heavy atom. The first kappa shape index (κ1) is 18.2. The molecule has 0 atom stereocenters. The summed E-state index contributed by atoms with van der Waals surface area (Å²) in [4.78, 5) is 27.3. The lowest BCUT2D eigenvalue weighted by atomic mass is 9.94. The number of carbonyl (C=O) groups is 2. The summed E-state index contributed by atoms with van der Waals surface area (Å²) in [5.41, 5.74) is 9.03. The van der Waals surface area contributed by atoms with E-state index in [9.17, 15) is 9.59 Å². The van der Waals surface area contributed by atoms with Crippen LogP contribution in [0, 0.1) is 0 Å². The molecule has 1 aliphatic heterocycles. The molecule has 5 heteroatoms. The SMILES string of the molecule is Nc1cccc2cccc(NCCCN3C(=O)c4cccc5cccc(c45)C3=O)c12. The van der Waals surface area contributed by atoms with Crippen LogP contribution < -0.4 is 11.1 Å². The smallest absolute Gasteiger partial charge is 0.261 e. The van der Waals surface area contributed by atoms with Gasteiger partial charge in [-0.15, -0.1) is 0 Å². The Morgan fingerprint density at radius 3 is 1.97 bits per heavy atom. The van der Waals surface area contributed by atoms with Crippen LogP contribution >= 0.6 is 0 Å². The first-order chi connectivity index (χ1) is 14.6. The topological polar surface area (TPSA) is 75.4 Å². The van der Waals surface area contributed by atoms with Gasteiger partial charge in [0.15, 0.2) is 0 Å². The lowest BCUT2D eigenvalue weighted by Crippen LogP contribution is -2.41. The van der Waals surface area contributed by atoms with E-state index in [0.29, 0.717) is 30.6 Å². The molecule has 0 radical (unpaired) electrons. The lowest BCUT2D eigenvalue weighted by Gasteiger charge is -2.27. The summed E-state index contributed by atoms with van der Waals surface area (Å²) >= 11 is 0. The van der Waals surface area contributed by atoms with Gasteiger partial charge in [0.25, 0.3) is 11.8 Å². The monoisotopic (exact) mass is 395 g/mol. The summed E-state index contributed by atoms with van der Waals surface area (Å²) in [6, 6.07) is 23.0. The van der Waals surface area contributed by atoms with Crippen LogP contribution in [0.25, 0.3) is 21.5 Å². The van der Waals surface area contributed by atoms with Crippen molar-refractivity contribution in [2.45, 2.75) is 6.42 Å². The molecule has 0 fully saturated rings. The molecule has 5 rings (SSSR count). The number of imide groups is 1. The standard InChI is InChI=1S/C25H21N3O2/c26-20-12-3-8-17-9-4-13-21(23(17)20)27-14-5-15-28-24(29)18-10-1-6-16-7-2-11-19(22(16)18)25(28)30/h1-4,6-13,27H,5,14-15,26H2. The van der Waals surface area contributed by atoms with Gasteiger partial charge >= 0.3 is 0 Å². The number of benzene rings is 4. The van der Waals surface area contributed by atoms with Crippen molar-refractivity contribution in [1.29, 1.82) is 0 Å². The molecule has 0 saturated heterocycles. The number of anilines is 2. The maximum absolute atomic E-state index is 13.0. The maximum Gasteiger partial charge on any atom is 0.261 e. The number of amides is 2. The van der Waals surface area contributed by atoms with E-state index in [0.717, 1.165) is 32.9 Å². The van der Waals surface area contributed by atoms with Gasteiger partial charge in [0.2, 0.25) is 0 Å². The number of hydrogen-bond donors (Lipinski definition) is 2. The highest BCUT2D eigenvalue weighted by Crippen LogP contribution is 2.31. The van der Waals surface area contributed by atoms with E-state index in [2.05, 4.69) is 5.32 Å². The zero-order valence-corrected chi connectivity index (χ0v) is 16.4. The highest BCUT2D eigenvalue weighted by molar-refractivity contribution is 6.25. The molecule has 0 bridgehead atoms. The predicted octanol–water partition coefficient (Wildman–Crippen LogP) is 4.67. The number of nitrogens with two attached hydrogens (primary N) is 1. The van der Waals surface area contributed by atoms with Crippen LogP contribution in [-0.2, 0) is 0 Å². The Kier molecular flexibility index (Phi) is 4.36. The minimum Gasteiger partial charge on any atom is -0.398 e. The van der Waals surface area contributed by atoms with Crippen LogP contribution in [0.5, 0.6) is 0 Å². The van der Waals surface area contributed by atoms with E-state index in [4.69, 9.17) is 5.73 Å². The summed E-state index contributed by atoms with van der Waals surface area (Å²) in [5, 5.41) is 7.15. The average Bonchev–Trinajstić information content (AvgIpc) is 2.77. The van der Waals surface area contributed by atoms with E-state index in [1.54, 1.807) is 12.1 Å². The Balaban J connectivity index is 1.32. The largest absolute Gasteiger partial charge is 0.398 e. The van der Waals surface area contributed by atoms with Gasteiger partial charge in [-0.05, 0) is 41.5 Å². The summed E-state index contributed by atoms with van der Waals surface area (Å²) < 4.78 is 0. The molecule has 0 aromatic heterocycles. The minimum atomic E-state index is -0.223. The molecule has 2 amide bonds. The average molecular weight is 395 g/mol. The molecule has 0 saturated carbocycles. The summed E-state index contributed by atoms with van der Waals surface area (Å²) in [6.45, 7) is 0.978. The second kappa shape index (κ2) is 7.19. The van der Waals surface area contributed by atoms with E-state index in [1.165, 1.54) is 4.90 Å². The number of fused-ring (bicyclic) bond motifs is 1. The molecule has 5 nitrogen and oxygen atoms in total. The predicted molar refractivity (Wildman–Crippen MR) is 121 cm³/mol. The fourth-order valence-corrected chi connectivity index (χ4v) is 4.26. The fourth-order valence-electron chi connectivity index (χ4n) is 4.26. The van der Waals surface area contributed by atoms with Crippen molar-refractivity contribution in [2.75, 3.05) is 24.1 Å². The number of hydrogen-bond acceptors (Lipinski definition) is 4. The van der Waals surface area contributed by atoms with Gasteiger partial charge in [-0.25, -0.2) is 0 Å². The molecule has 0 unspecified atom stereocenters. The zero-order chi connectivity index (χ0) is 20.7. The fraction of sp³-hybridized carbons (Fsp3) is 0.120. The zero-order valence-electron chi connectivity index (χ0n) is 16.4. The van der Waals surface area contributed by atoms with Crippen LogP contribution in [0.1, 0.15) is 27.1 Å². The minimum absolute atomic E-state index is 0.223. The van der Waals surface area contributed by atoms with Crippen LogP contribution in [0.2, 0.25) is 0 Å². The van der Waals surface area contributed by atoms with E-state index in [1.807, 2.05) is 60.7 Å². The van der Waals surface area contributed by atoms with E-state index < -0.39 is 0 Å². The second-order valence-electron chi connectivity index (χ2n) is 7.50. The highest BCUT2D eigenvalue weighted by atomic mass is 16.2. The third kappa shape index (κ3) is 2.87. The maximum atomic E-state index is 13.0. The van der Waals surface area contributed by atoms with Gasteiger partial charge in [-0.3, -0.25) is 14.5 Å². The molecule has 148 valence electrons. The molecule has 1 aliphatic rings. The van der Waals surface area contributed by atoms with Crippen molar-refractivity contribution in [3.05, 3.63) is 83.9 Å². The Hall–Kier alpha value is -3.86. The Labute approximate surface area is 174 Å². The second-order valence-corrected chi connectivity index (χ2v) is 7.50.